The third kappa shape index (κ3) is 23.6. The average Bonchev–Trinajstić information content (AvgIpc) is 2.64. The van der Waals surface area contributed by atoms with Crippen LogP contribution < -0.4 is 0 Å². The molecule has 0 aromatic carbocycles. The Morgan fingerprint density at radius 2 is 1.17 bits per heavy atom. The number of aliphatic hydroxyl groups excluding tert-OH is 2. The number of carboxylic acids is 1. The van der Waals surface area contributed by atoms with E-state index >= 15 is 0 Å². The lowest BCUT2D eigenvalue weighted by molar-refractivity contribution is -0.307. The van der Waals surface area contributed by atoms with E-state index in [9.17, 15) is 4.79 Å². The summed E-state index contributed by atoms with van der Waals surface area (Å²) in [5.74, 6) is -0.124. The van der Waals surface area contributed by atoms with E-state index in [1.807, 2.05) is 13.8 Å². The molecule has 5 unspecified atom stereocenters. The number of carboxylic acid groups (broad SMARTS) is 1. The predicted molar refractivity (Wildman–Crippen MR) is 122 cm³/mol. The zero-order valence-corrected chi connectivity index (χ0v) is 20.4. The van der Waals surface area contributed by atoms with Crippen LogP contribution in [0.4, 0.5) is 0 Å². The van der Waals surface area contributed by atoms with Crippen molar-refractivity contribution in [1.29, 1.82) is 0 Å². The summed E-state index contributed by atoms with van der Waals surface area (Å²) in [6.45, 7) is 12.8. The fraction of sp³-hybridized carbons (Fsp3) is 0.958. The molecule has 0 amide bonds. The van der Waals surface area contributed by atoms with E-state index in [-0.39, 0.29) is 30.0 Å². The van der Waals surface area contributed by atoms with Crippen LogP contribution in [0.2, 0.25) is 0 Å². The van der Waals surface area contributed by atoms with Gasteiger partial charge >= 0.3 is 5.97 Å². The number of carbonyl (C=O) groups is 1. The summed E-state index contributed by atoms with van der Waals surface area (Å²) in [5.41, 5.74) is 0. The van der Waals surface area contributed by atoms with Crippen molar-refractivity contribution in [3.8, 4) is 0 Å². The Bertz CT molecular complexity index is 355. The first-order chi connectivity index (χ1) is 14.1. The normalized spacial score (nSPS) is 16.1. The molecule has 0 bridgehead atoms. The van der Waals surface area contributed by atoms with Gasteiger partial charge in [-0.15, -0.1) is 0 Å². The molecule has 0 saturated heterocycles. The van der Waals surface area contributed by atoms with Crippen molar-refractivity contribution in [2.75, 3.05) is 13.2 Å². The molecular weight excluding hydrogens is 384 g/mol. The van der Waals surface area contributed by atoms with E-state index < -0.39 is 5.97 Å². The third-order valence-corrected chi connectivity index (χ3v) is 4.94. The minimum Gasteiger partial charge on any atom is -0.481 e. The molecule has 6 heteroatoms. The highest BCUT2D eigenvalue weighted by Gasteiger charge is 2.15. The fourth-order valence-corrected chi connectivity index (χ4v) is 3.29. The molecule has 0 saturated carbocycles. The minimum atomic E-state index is -0.602. The molecule has 5 atom stereocenters. The molecule has 30 heavy (non-hydrogen) atoms. The number of rotatable bonds is 18. The van der Waals surface area contributed by atoms with Crippen molar-refractivity contribution in [1.82, 2.24) is 0 Å². The predicted octanol–water partition coefficient (Wildman–Crippen LogP) is 5.60. The molecule has 3 N–H and O–H groups in total. The molecular formula is C24H50O6. The summed E-state index contributed by atoms with van der Waals surface area (Å²) >= 11 is 0. The summed E-state index contributed by atoms with van der Waals surface area (Å²) in [7, 11) is 0. The van der Waals surface area contributed by atoms with E-state index in [1.54, 1.807) is 13.8 Å². The molecule has 0 aliphatic carbocycles. The Balaban J connectivity index is 0. The Labute approximate surface area is 185 Å². The van der Waals surface area contributed by atoms with Crippen molar-refractivity contribution in [3.63, 3.8) is 0 Å². The highest BCUT2D eigenvalue weighted by molar-refractivity contribution is 5.69. The van der Waals surface area contributed by atoms with Crippen molar-refractivity contribution in [3.05, 3.63) is 0 Å². The van der Waals surface area contributed by atoms with Gasteiger partial charge in [0.1, 0.15) is 0 Å². The minimum absolute atomic E-state index is 0.0909. The van der Waals surface area contributed by atoms with E-state index in [1.165, 1.54) is 19.3 Å². The SMILES string of the molecule is CC(O)CC(C)COOCC(C)CC(C)O.CCCCCCC(CCCC)C(=O)O. The van der Waals surface area contributed by atoms with Crippen LogP contribution in [-0.4, -0.2) is 46.7 Å². The summed E-state index contributed by atoms with van der Waals surface area (Å²) < 4.78 is 0. The van der Waals surface area contributed by atoms with Gasteiger partial charge in [0.2, 0.25) is 0 Å². The molecule has 0 aromatic rings. The first-order valence-corrected chi connectivity index (χ1v) is 12.0. The number of aliphatic hydroxyl groups is 2. The highest BCUT2D eigenvalue weighted by atomic mass is 17.2. The average molecular weight is 435 g/mol. The van der Waals surface area contributed by atoms with Crippen LogP contribution in [0.5, 0.6) is 0 Å². The monoisotopic (exact) mass is 434 g/mol. The lowest BCUT2D eigenvalue weighted by Gasteiger charge is -2.15. The molecule has 182 valence electrons. The Kier molecular flexibility index (Phi) is 22.6. The molecule has 6 nitrogen and oxygen atoms in total. The van der Waals surface area contributed by atoms with Crippen LogP contribution in [0.1, 0.15) is 106 Å². The van der Waals surface area contributed by atoms with Gasteiger partial charge in [0.15, 0.2) is 0 Å². The summed E-state index contributed by atoms with van der Waals surface area (Å²) in [5, 5.41) is 27.2. The second-order valence-corrected chi connectivity index (χ2v) is 8.98. The topological polar surface area (TPSA) is 96.2 Å². The standard InChI is InChI=1S/C12H26O4.C12H24O2/c1-9(5-11(3)13)7-15-16-8-10(2)6-12(4)14;1-3-5-7-8-10-11(12(13)14)9-6-4-2/h9-14H,5-8H2,1-4H3;11H,3-10H2,1-2H3,(H,13,14). The number of aliphatic carboxylic acids is 1. The molecule has 0 aliphatic heterocycles. The molecule has 0 spiro atoms. The van der Waals surface area contributed by atoms with Gasteiger partial charge in [0, 0.05) is 0 Å². The maximum absolute atomic E-state index is 10.9. The van der Waals surface area contributed by atoms with Gasteiger partial charge in [-0.2, -0.15) is 0 Å². The van der Waals surface area contributed by atoms with Gasteiger partial charge in [0.05, 0.1) is 31.3 Å². The molecule has 0 heterocycles. The van der Waals surface area contributed by atoms with Gasteiger partial charge < -0.3 is 15.3 Å². The lowest BCUT2D eigenvalue weighted by Crippen LogP contribution is -2.16. The molecule has 0 aromatic heterocycles. The van der Waals surface area contributed by atoms with Gasteiger partial charge in [-0.1, -0.05) is 66.2 Å². The quantitative estimate of drug-likeness (QED) is 0.148. The molecule has 0 radical (unpaired) electrons. The maximum Gasteiger partial charge on any atom is 0.306 e. The highest BCUT2D eigenvalue weighted by Crippen LogP contribution is 2.17. The van der Waals surface area contributed by atoms with Crippen molar-refractivity contribution in [2.45, 2.75) is 118 Å². The van der Waals surface area contributed by atoms with Crippen molar-refractivity contribution >= 4 is 5.97 Å². The number of hydrogen-bond acceptors (Lipinski definition) is 5. The maximum atomic E-state index is 10.9. The Hall–Kier alpha value is -0.690. The Morgan fingerprint density at radius 1 is 0.733 bits per heavy atom. The largest absolute Gasteiger partial charge is 0.481 e. The van der Waals surface area contributed by atoms with Gasteiger partial charge in [-0.25, -0.2) is 9.78 Å². The number of unbranched alkanes of at least 4 members (excludes halogenated alkanes) is 4. The first kappa shape index (κ1) is 31.5. The van der Waals surface area contributed by atoms with Crippen LogP contribution in [-0.2, 0) is 14.6 Å². The van der Waals surface area contributed by atoms with Crippen LogP contribution in [0.25, 0.3) is 0 Å². The van der Waals surface area contributed by atoms with Gasteiger partial charge in [0.25, 0.3) is 0 Å². The summed E-state index contributed by atoms with van der Waals surface area (Å²) in [4.78, 5) is 21.0. The molecule has 0 aliphatic rings. The third-order valence-electron chi connectivity index (χ3n) is 4.94. The second kappa shape index (κ2) is 21.5. The van der Waals surface area contributed by atoms with E-state index in [2.05, 4.69) is 13.8 Å². The zero-order chi connectivity index (χ0) is 23.4. The first-order valence-electron chi connectivity index (χ1n) is 12.0. The van der Waals surface area contributed by atoms with Crippen LogP contribution in [0, 0.1) is 17.8 Å². The molecule has 0 fully saturated rings. The van der Waals surface area contributed by atoms with E-state index in [4.69, 9.17) is 25.1 Å². The van der Waals surface area contributed by atoms with Crippen molar-refractivity contribution < 1.29 is 29.9 Å². The van der Waals surface area contributed by atoms with Gasteiger partial charge in [-0.05, 0) is 51.4 Å². The molecule has 0 rings (SSSR count). The van der Waals surface area contributed by atoms with Gasteiger partial charge in [-0.3, -0.25) is 4.79 Å². The summed E-state index contributed by atoms with van der Waals surface area (Å²) in [6.07, 6.45) is 9.42. The van der Waals surface area contributed by atoms with E-state index in [0.29, 0.717) is 26.1 Å². The lowest BCUT2D eigenvalue weighted by atomic mass is 9.95. The van der Waals surface area contributed by atoms with Crippen molar-refractivity contribution in [2.24, 2.45) is 17.8 Å². The zero-order valence-electron chi connectivity index (χ0n) is 20.4. The van der Waals surface area contributed by atoms with E-state index in [0.717, 1.165) is 32.1 Å². The Morgan fingerprint density at radius 3 is 1.53 bits per heavy atom. The van der Waals surface area contributed by atoms with Crippen LogP contribution in [0.3, 0.4) is 0 Å². The van der Waals surface area contributed by atoms with Crippen LogP contribution in [0.15, 0.2) is 0 Å². The number of hydrogen-bond donors (Lipinski definition) is 3. The smallest absolute Gasteiger partial charge is 0.306 e. The second-order valence-electron chi connectivity index (χ2n) is 8.98. The summed E-state index contributed by atoms with van der Waals surface area (Å²) in [6, 6.07) is 0. The van der Waals surface area contributed by atoms with Crippen LogP contribution >= 0.6 is 0 Å². The fourth-order valence-electron chi connectivity index (χ4n) is 3.29.